The minimum atomic E-state index is 0.630. The summed E-state index contributed by atoms with van der Waals surface area (Å²) in [6, 6.07) is 0. The molecule has 1 N–H and O–H groups in total. The van der Waals surface area contributed by atoms with Gasteiger partial charge in [0.05, 0.1) is 0 Å². The van der Waals surface area contributed by atoms with E-state index in [4.69, 9.17) is 0 Å². The standard InChI is InChI=1S/C7H9N3/c1-3-6-4-9-7(8-2)10-5-6/h3-5H,1H2,2H3,(H,8,9,10). The molecule has 0 fully saturated rings. The number of nitrogens with zero attached hydrogens (tertiary/aromatic N) is 2. The molecule has 1 heterocycles. The molecular weight excluding hydrogens is 126 g/mol. The molecule has 1 rings (SSSR count). The van der Waals surface area contributed by atoms with Gasteiger partial charge in [0.1, 0.15) is 0 Å². The Morgan fingerprint density at radius 1 is 1.50 bits per heavy atom. The number of anilines is 1. The first-order valence-electron chi connectivity index (χ1n) is 2.99. The molecule has 0 unspecified atom stereocenters. The van der Waals surface area contributed by atoms with Gasteiger partial charge in [-0.1, -0.05) is 12.7 Å². The first-order chi connectivity index (χ1) is 4.86. The molecule has 0 aromatic carbocycles. The maximum Gasteiger partial charge on any atom is 0.222 e. The lowest BCUT2D eigenvalue weighted by molar-refractivity contribution is 1.14. The van der Waals surface area contributed by atoms with Gasteiger partial charge in [0.15, 0.2) is 0 Å². The Balaban J connectivity index is 2.90. The molecule has 0 aliphatic carbocycles. The fraction of sp³-hybridized carbons (Fsp3) is 0.143. The van der Waals surface area contributed by atoms with Crippen molar-refractivity contribution >= 4 is 12.0 Å². The van der Waals surface area contributed by atoms with E-state index in [1.54, 1.807) is 25.5 Å². The Hall–Kier alpha value is -1.38. The molecular formula is C7H9N3. The van der Waals surface area contributed by atoms with Crippen LogP contribution in [0, 0.1) is 0 Å². The Kier molecular flexibility index (Phi) is 1.99. The van der Waals surface area contributed by atoms with Crippen LogP contribution in [-0.4, -0.2) is 17.0 Å². The van der Waals surface area contributed by atoms with E-state index in [9.17, 15) is 0 Å². The highest BCUT2D eigenvalue weighted by Crippen LogP contribution is 1.99. The number of aromatic nitrogens is 2. The van der Waals surface area contributed by atoms with E-state index >= 15 is 0 Å². The van der Waals surface area contributed by atoms with Gasteiger partial charge in [-0.2, -0.15) is 0 Å². The van der Waals surface area contributed by atoms with Crippen molar-refractivity contribution in [2.45, 2.75) is 0 Å². The second-order valence-corrected chi connectivity index (χ2v) is 1.79. The molecule has 3 heteroatoms. The molecule has 0 aliphatic heterocycles. The third-order valence-corrected chi connectivity index (χ3v) is 1.13. The molecule has 0 aliphatic rings. The van der Waals surface area contributed by atoms with Crippen molar-refractivity contribution in [1.82, 2.24) is 9.97 Å². The summed E-state index contributed by atoms with van der Waals surface area (Å²) >= 11 is 0. The molecule has 52 valence electrons. The van der Waals surface area contributed by atoms with Gasteiger partial charge in [0.2, 0.25) is 5.95 Å². The molecule has 3 nitrogen and oxygen atoms in total. The summed E-state index contributed by atoms with van der Waals surface area (Å²) in [6.07, 6.45) is 5.14. The summed E-state index contributed by atoms with van der Waals surface area (Å²) in [4.78, 5) is 7.95. The normalized spacial score (nSPS) is 8.90. The highest BCUT2D eigenvalue weighted by Gasteiger charge is 1.88. The maximum atomic E-state index is 3.97. The topological polar surface area (TPSA) is 37.8 Å². The van der Waals surface area contributed by atoms with E-state index in [1.807, 2.05) is 0 Å². The van der Waals surface area contributed by atoms with Gasteiger partial charge in [0.25, 0.3) is 0 Å². The minimum Gasteiger partial charge on any atom is -0.357 e. The van der Waals surface area contributed by atoms with Crippen molar-refractivity contribution in [3.8, 4) is 0 Å². The SMILES string of the molecule is C=Cc1cnc(NC)nc1. The zero-order chi connectivity index (χ0) is 7.40. The third kappa shape index (κ3) is 1.31. The highest BCUT2D eigenvalue weighted by atomic mass is 15.1. The Morgan fingerprint density at radius 3 is 2.50 bits per heavy atom. The molecule has 1 aromatic heterocycles. The van der Waals surface area contributed by atoms with Crippen molar-refractivity contribution in [3.05, 3.63) is 24.5 Å². The van der Waals surface area contributed by atoms with Crippen LogP contribution in [0.25, 0.3) is 6.08 Å². The second-order valence-electron chi connectivity index (χ2n) is 1.79. The van der Waals surface area contributed by atoms with E-state index < -0.39 is 0 Å². The molecule has 1 aromatic rings. The van der Waals surface area contributed by atoms with Crippen molar-refractivity contribution in [2.24, 2.45) is 0 Å². The summed E-state index contributed by atoms with van der Waals surface area (Å²) in [5, 5.41) is 2.82. The monoisotopic (exact) mass is 135 g/mol. The van der Waals surface area contributed by atoms with Crippen molar-refractivity contribution in [1.29, 1.82) is 0 Å². The first kappa shape index (κ1) is 6.74. The van der Waals surface area contributed by atoms with Crippen LogP contribution >= 0.6 is 0 Å². The van der Waals surface area contributed by atoms with Crippen LogP contribution in [0.3, 0.4) is 0 Å². The van der Waals surface area contributed by atoms with Crippen LogP contribution in [0.4, 0.5) is 5.95 Å². The predicted octanol–water partition coefficient (Wildman–Crippen LogP) is 1.16. The molecule has 0 radical (unpaired) electrons. The fourth-order valence-corrected chi connectivity index (χ4v) is 0.573. The highest BCUT2D eigenvalue weighted by molar-refractivity contribution is 5.44. The number of rotatable bonds is 2. The van der Waals surface area contributed by atoms with Gasteiger partial charge in [-0.3, -0.25) is 0 Å². The van der Waals surface area contributed by atoms with E-state index in [1.165, 1.54) is 0 Å². The van der Waals surface area contributed by atoms with Crippen molar-refractivity contribution in [3.63, 3.8) is 0 Å². The van der Waals surface area contributed by atoms with Crippen LogP contribution in [0.15, 0.2) is 19.0 Å². The quantitative estimate of drug-likeness (QED) is 0.661. The van der Waals surface area contributed by atoms with E-state index in [2.05, 4.69) is 21.9 Å². The smallest absolute Gasteiger partial charge is 0.222 e. The fourth-order valence-electron chi connectivity index (χ4n) is 0.573. The van der Waals surface area contributed by atoms with Gasteiger partial charge in [-0.25, -0.2) is 9.97 Å². The predicted molar refractivity (Wildman–Crippen MR) is 41.7 cm³/mol. The van der Waals surface area contributed by atoms with Crippen LogP contribution in [-0.2, 0) is 0 Å². The summed E-state index contributed by atoms with van der Waals surface area (Å²) in [5.41, 5.74) is 0.930. The number of nitrogens with one attached hydrogen (secondary N) is 1. The van der Waals surface area contributed by atoms with E-state index in [-0.39, 0.29) is 0 Å². The van der Waals surface area contributed by atoms with Gasteiger partial charge < -0.3 is 5.32 Å². The average molecular weight is 135 g/mol. The van der Waals surface area contributed by atoms with Crippen molar-refractivity contribution < 1.29 is 0 Å². The lowest BCUT2D eigenvalue weighted by atomic mass is 10.3. The maximum absolute atomic E-state index is 3.97. The van der Waals surface area contributed by atoms with Crippen LogP contribution in [0.5, 0.6) is 0 Å². The van der Waals surface area contributed by atoms with E-state index in [0.717, 1.165) is 5.56 Å². The first-order valence-corrected chi connectivity index (χ1v) is 2.99. The van der Waals surface area contributed by atoms with Gasteiger partial charge >= 0.3 is 0 Å². The number of hydrogen-bond donors (Lipinski definition) is 1. The third-order valence-electron chi connectivity index (χ3n) is 1.13. The lowest BCUT2D eigenvalue weighted by Gasteiger charge is -1.95. The summed E-state index contributed by atoms with van der Waals surface area (Å²) < 4.78 is 0. The Bertz CT molecular complexity index is 215. The minimum absolute atomic E-state index is 0.630. The molecule has 0 spiro atoms. The average Bonchev–Trinajstić information content (AvgIpc) is 2.05. The molecule has 0 atom stereocenters. The molecule has 0 saturated carbocycles. The van der Waals surface area contributed by atoms with Crippen LogP contribution in [0.2, 0.25) is 0 Å². The molecule has 0 saturated heterocycles. The summed E-state index contributed by atoms with van der Waals surface area (Å²) in [5.74, 6) is 0.630. The molecule has 0 bridgehead atoms. The Morgan fingerprint density at radius 2 is 2.10 bits per heavy atom. The van der Waals surface area contributed by atoms with Crippen LogP contribution < -0.4 is 5.32 Å². The molecule has 0 amide bonds. The van der Waals surface area contributed by atoms with Gasteiger partial charge in [0, 0.05) is 25.0 Å². The van der Waals surface area contributed by atoms with E-state index in [0.29, 0.717) is 5.95 Å². The lowest BCUT2D eigenvalue weighted by Crippen LogP contribution is -1.94. The van der Waals surface area contributed by atoms with Gasteiger partial charge in [-0.15, -0.1) is 0 Å². The summed E-state index contributed by atoms with van der Waals surface area (Å²) in [7, 11) is 1.78. The zero-order valence-corrected chi connectivity index (χ0v) is 5.83. The van der Waals surface area contributed by atoms with Gasteiger partial charge in [-0.05, 0) is 0 Å². The molecule has 10 heavy (non-hydrogen) atoms. The number of hydrogen-bond acceptors (Lipinski definition) is 3. The van der Waals surface area contributed by atoms with Crippen LogP contribution in [0.1, 0.15) is 5.56 Å². The second kappa shape index (κ2) is 2.96. The Labute approximate surface area is 59.8 Å². The largest absolute Gasteiger partial charge is 0.357 e. The zero-order valence-electron chi connectivity index (χ0n) is 5.83. The van der Waals surface area contributed by atoms with Crippen molar-refractivity contribution in [2.75, 3.05) is 12.4 Å². The summed E-state index contributed by atoms with van der Waals surface area (Å²) in [6.45, 7) is 3.59.